The molecule has 0 saturated heterocycles. The van der Waals surface area contributed by atoms with Gasteiger partial charge in [0.25, 0.3) is 5.91 Å². The topological polar surface area (TPSA) is 80.9 Å². The Bertz CT molecular complexity index is 633. The van der Waals surface area contributed by atoms with Crippen molar-refractivity contribution >= 4 is 33.3 Å². The number of aromatic nitrogens is 2. The summed E-state index contributed by atoms with van der Waals surface area (Å²) in [5.74, 6) is -2.03. The minimum absolute atomic E-state index is 0.0322. The number of nitrogens with two attached hydrogens (primary N) is 1. The SMILES string of the molecule is Nc1cnc(C(=O)Nc2cc(F)c(Br)cc2F)cn1. The standard InChI is InChI=1S/C11H7BrF2N4O/c12-5-1-7(14)8(2-6(5)13)18-11(19)9-3-17-10(15)4-16-9/h1-4H,(H2,15,17)(H,18,19). The number of nitrogens with one attached hydrogen (secondary N) is 1. The lowest BCUT2D eigenvalue weighted by Gasteiger charge is -2.06. The Morgan fingerprint density at radius 2 is 1.95 bits per heavy atom. The van der Waals surface area contributed by atoms with E-state index in [0.29, 0.717) is 0 Å². The summed E-state index contributed by atoms with van der Waals surface area (Å²) in [5, 5.41) is 2.20. The number of carbonyl (C=O) groups excluding carboxylic acids is 1. The molecule has 0 aliphatic carbocycles. The molecule has 0 atom stereocenters. The summed E-state index contributed by atoms with van der Waals surface area (Å²) in [5.41, 5.74) is 4.97. The third-order valence-electron chi connectivity index (χ3n) is 2.16. The number of halogens is 3. The maximum absolute atomic E-state index is 13.5. The molecule has 8 heteroatoms. The predicted molar refractivity (Wildman–Crippen MR) is 68.5 cm³/mol. The second-order valence-electron chi connectivity index (χ2n) is 3.53. The maximum Gasteiger partial charge on any atom is 0.275 e. The Morgan fingerprint density at radius 1 is 1.21 bits per heavy atom. The van der Waals surface area contributed by atoms with Crippen LogP contribution in [0.15, 0.2) is 29.0 Å². The molecule has 2 rings (SSSR count). The largest absolute Gasteiger partial charge is 0.382 e. The molecule has 1 amide bonds. The fourth-order valence-electron chi connectivity index (χ4n) is 1.26. The molecule has 2 aromatic rings. The van der Waals surface area contributed by atoms with Gasteiger partial charge in [0, 0.05) is 6.07 Å². The zero-order valence-corrected chi connectivity index (χ0v) is 10.9. The van der Waals surface area contributed by atoms with Crippen molar-refractivity contribution in [1.29, 1.82) is 0 Å². The minimum Gasteiger partial charge on any atom is -0.382 e. The molecule has 98 valence electrons. The molecule has 0 radical (unpaired) electrons. The van der Waals surface area contributed by atoms with Crippen LogP contribution in [0, 0.1) is 11.6 Å². The van der Waals surface area contributed by atoms with E-state index in [0.717, 1.165) is 18.3 Å². The molecule has 0 spiro atoms. The van der Waals surface area contributed by atoms with Crippen LogP contribution in [0.1, 0.15) is 10.5 Å². The van der Waals surface area contributed by atoms with Crippen molar-refractivity contribution in [2.75, 3.05) is 11.1 Å². The molecule has 0 fully saturated rings. The van der Waals surface area contributed by atoms with Crippen molar-refractivity contribution in [3.05, 3.63) is 46.3 Å². The zero-order chi connectivity index (χ0) is 14.0. The van der Waals surface area contributed by atoms with Gasteiger partial charge in [0.15, 0.2) is 0 Å². The molecule has 5 nitrogen and oxygen atoms in total. The van der Waals surface area contributed by atoms with Gasteiger partial charge >= 0.3 is 0 Å². The number of carbonyl (C=O) groups is 1. The number of hydrogen-bond acceptors (Lipinski definition) is 4. The summed E-state index contributed by atoms with van der Waals surface area (Å²) in [6.45, 7) is 0. The molecule has 0 bridgehead atoms. The van der Waals surface area contributed by atoms with Crippen molar-refractivity contribution in [3.63, 3.8) is 0 Å². The van der Waals surface area contributed by atoms with Crippen LogP contribution in [0.5, 0.6) is 0 Å². The van der Waals surface area contributed by atoms with Crippen molar-refractivity contribution in [2.24, 2.45) is 0 Å². The van der Waals surface area contributed by atoms with Crippen LogP contribution in [-0.2, 0) is 0 Å². The van der Waals surface area contributed by atoms with Gasteiger partial charge in [-0.2, -0.15) is 0 Å². The van der Waals surface area contributed by atoms with Gasteiger partial charge in [-0.05, 0) is 22.0 Å². The van der Waals surface area contributed by atoms with Crippen molar-refractivity contribution in [1.82, 2.24) is 9.97 Å². The quantitative estimate of drug-likeness (QED) is 0.829. The Kier molecular flexibility index (Phi) is 3.70. The van der Waals surface area contributed by atoms with E-state index in [1.165, 1.54) is 6.20 Å². The molecule has 0 aliphatic rings. The summed E-state index contributed by atoms with van der Waals surface area (Å²) >= 11 is 2.84. The highest BCUT2D eigenvalue weighted by Crippen LogP contribution is 2.23. The van der Waals surface area contributed by atoms with Crippen LogP contribution in [0.4, 0.5) is 20.3 Å². The van der Waals surface area contributed by atoms with E-state index in [1.54, 1.807) is 0 Å². The molecular weight excluding hydrogens is 322 g/mol. The van der Waals surface area contributed by atoms with Gasteiger partial charge in [-0.15, -0.1) is 0 Å². The van der Waals surface area contributed by atoms with Crippen LogP contribution in [0.25, 0.3) is 0 Å². The second kappa shape index (κ2) is 5.27. The van der Waals surface area contributed by atoms with E-state index in [-0.39, 0.29) is 21.7 Å². The molecule has 1 heterocycles. The number of anilines is 2. The van der Waals surface area contributed by atoms with Gasteiger partial charge in [0.05, 0.1) is 22.6 Å². The molecule has 0 saturated carbocycles. The van der Waals surface area contributed by atoms with Crippen LogP contribution < -0.4 is 11.1 Å². The summed E-state index contributed by atoms with van der Waals surface area (Å²) < 4.78 is 26.7. The van der Waals surface area contributed by atoms with E-state index in [2.05, 4.69) is 31.2 Å². The third-order valence-corrected chi connectivity index (χ3v) is 2.77. The highest BCUT2D eigenvalue weighted by Gasteiger charge is 2.13. The fourth-order valence-corrected chi connectivity index (χ4v) is 1.58. The van der Waals surface area contributed by atoms with Crippen molar-refractivity contribution in [2.45, 2.75) is 0 Å². The van der Waals surface area contributed by atoms with E-state index in [1.807, 2.05) is 0 Å². The maximum atomic E-state index is 13.5. The van der Waals surface area contributed by atoms with E-state index >= 15 is 0 Å². The molecular formula is C11H7BrF2N4O. The number of amides is 1. The third kappa shape index (κ3) is 3.02. The molecule has 1 aromatic carbocycles. The smallest absolute Gasteiger partial charge is 0.275 e. The molecule has 3 N–H and O–H groups in total. The summed E-state index contributed by atoms with van der Waals surface area (Å²) in [6.07, 6.45) is 2.32. The number of benzene rings is 1. The summed E-state index contributed by atoms with van der Waals surface area (Å²) in [7, 11) is 0. The van der Waals surface area contributed by atoms with Crippen molar-refractivity contribution in [3.8, 4) is 0 Å². The lowest BCUT2D eigenvalue weighted by atomic mass is 10.3. The Labute approximate surface area is 115 Å². The molecule has 19 heavy (non-hydrogen) atoms. The van der Waals surface area contributed by atoms with Gasteiger partial charge in [-0.1, -0.05) is 0 Å². The average molecular weight is 329 g/mol. The monoisotopic (exact) mass is 328 g/mol. The molecule has 0 unspecified atom stereocenters. The van der Waals surface area contributed by atoms with E-state index < -0.39 is 17.5 Å². The zero-order valence-electron chi connectivity index (χ0n) is 9.32. The van der Waals surface area contributed by atoms with Crippen LogP contribution in [0.2, 0.25) is 0 Å². The lowest BCUT2D eigenvalue weighted by Crippen LogP contribution is -2.15. The lowest BCUT2D eigenvalue weighted by molar-refractivity contribution is 0.102. The van der Waals surface area contributed by atoms with Crippen LogP contribution in [-0.4, -0.2) is 15.9 Å². The van der Waals surface area contributed by atoms with Gasteiger partial charge in [-0.3, -0.25) is 4.79 Å². The highest BCUT2D eigenvalue weighted by atomic mass is 79.9. The normalized spacial score (nSPS) is 10.3. The van der Waals surface area contributed by atoms with Gasteiger partial charge in [-0.25, -0.2) is 18.7 Å². The second-order valence-corrected chi connectivity index (χ2v) is 4.38. The van der Waals surface area contributed by atoms with E-state index in [4.69, 9.17) is 5.73 Å². The van der Waals surface area contributed by atoms with Crippen LogP contribution in [0.3, 0.4) is 0 Å². The van der Waals surface area contributed by atoms with Crippen molar-refractivity contribution < 1.29 is 13.6 Å². The van der Waals surface area contributed by atoms with Gasteiger partial charge in [0.2, 0.25) is 0 Å². The fraction of sp³-hybridized carbons (Fsp3) is 0. The van der Waals surface area contributed by atoms with Crippen LogP contribution >= 0.6 is 15.9 Å². The number of nitrogen functional groups attached to an aromatic ring is 1. The first-order valence-electron chi connectivity index (χ1n) is 5.01. The van der Waals surface area contributed by atoms with Gasteiger partial charge < -0.3 is 11.1 Å². The Balaban J connectivity index is 2.24. The molecule has 0 aliphatic heterocycles. The average Bonchev–Trinajstić information content (AvgIpc) is 2.36. The Hall–Kier alpha value is -2.09. The number of nitrogens with zero attached hydrogens (tertiary/aromatic N) is 2. The first kappa shape index (κ1) is 13.3. The number of rotatable bonds is 2. The first-order valence-corrected chi connectivity index (χ1v) is 5.80. The highest BCUT2D eigenvalue weighted by molar-refractivity contribution is 9.10. The molecule has 1 aromatic heterocycles. The summed E-state index contributed by atoms with van der Waals surface area (Å²) in [6, 6.07) is 1.78. The first-order chi connectivity index (χ1) is 8.97. The minimum atomic E-state index is -0.773. The van der Waals surface area contributed by atoms with Gasteiger partial charge in [0.1, 0.15) is 23.1 Å². The predicted octanol–water partition coefficient (Wildman–Crippen LogP) is 2.35. The van der Waals surface area contributed by atoms with E-state index in [9.17, 15) is 13.6 Å². The Morgan fingerprint density at radius 3 is 2.58 bits per heavy atom. The number of hydrogen-bond donors (Lipinski definition) is 2. The summed E-state index contributed by atoms with van der Waals surface area (Å²) in [4.78, 5) is 19.1.